The number of carbonyl (C=O) groups excluding carboxylic acids is 1. The average molecular weight is 339 g/mol. The lowest BCUT2D eigenvalue weighted by atomic mass is 10.1. The molecule has 0 aliphatic carbocycles. The van der Waals surface area contributed by atoms with Crippen molar-refractivity contribution in [3.05, 3.63) is 29.8 Å². The Balaban J connectivity index is 3.17. The van der Waals surface area contributed by atoms with Crippen LogP contribution in [0.2, 0.25) is 0 Å². The third-order valence-electron chi connectivity index (χ3n) is 1.75. The molecule has 1 aromatic rings. The standard InChI is InChI=1S/C9H10INO3S/c1-7(12)8-4-3-5-9(6-8)11(10)15(2,13)14/h3-6H,1-2H3. The van der Waals surface area contributed by atoms with E-state index in [-0.39, 0.29) is 5.78 Å². The summed E-state index contributed by atoms with van der Waals surface area (Å²) >= 11 is 1.69. The molecule has 0 N–H and O–H groups in total. The van der Waals surface area contributed by atoms with Crippen LogP contribution in [0.5, 0.6) is 0 Å². The molecule has 0 aromatic heterocycles. The number of hydrogen-bond donors (Lipinski definition) is 0. The molecule has 0 amide bonds. The molecule has 0 unspecified atom stereocenters. The van der Waals surface area contributed by atoms with Crippen molar-refractivity contribution in [3.63, 3.8) is 0 Å². The first-order chi connectivity index (χ1) is 6.82. The van der Waals surface area contributed by atoms with Gasteiger partial charge in [-0.25, -0.2) is 10.9 Å². The molecule has 0 saturated heterocycles. The van der Waals surface area contributed by atoms with Gasteiger partial charge in [-0.2, -0.15) is 0 Å². The summed E-state index contributed by atoms with van der Waals surface area (Å²) < 4.78 is 23.6. The van der Waals surface area contributed by atoms with Gasteiger partial charge in [0.2, 0.25) is 10.0 Å². The highest BCUT2D eigenvalue weighted by atomic mass is 127. The molecule has 1 aromatic carbocycles. The second-order valence-corrected chi connectivity index (χ2v) is 6.54. The second-order valence-electron chi connectivity index (χ2n) is 3.08. The maximum Gasteiger partial charge on any atom is 0.240 e. The number of ketones is 1. The van der Waals surface area contributed by atoms with Gasteiger partial charge in [-0.15, -0.1) is 0 Å². The highest BCUT2D eigenvalue weighted by Crippen LogP contribution is 2.22. The molecule has 1 rings (SSSR count). The lowest BCUT2D eigenvalue weighted by Crippen LogP contribution is -2.18. The minimum absolute atomic E-state index is 0.0878. The molecule has 0 atom stereocenters. The highest BCUT2D eigenvalue weighted by Gasteiger charge is 2.14. The Hall–Kier alpha value is -0.630. The summed E-state index contributed by atoms with van der Waals surface area (Å²) in [7, 11) is -3.29. The SMILES string of the molecule is CC(=O)c1cccc(N(I)S(C)(=O)=O)c1. The highest BCUT2D eigenvalue weighted by molar-refractivity contribution is 14.1. The van der Waals surface area contributed by atoms with E-state index in [4.69, 9.17) is 0 Å². The van der Waals surface area contributed by atoms with E-state index in [2.05, 4.69) is 0 Å². The van der Waals surface area contributed by atoms with E-state index in [9.17, 15) is 13.2 Å². The van der Waals surface area contributed by atoms with E-state index in [1.165, 1.54) is 6.92 Å². The Kier molecular flexibility index (Phi) is 3.72. The van der Waals surface area contributed by atoms with Crippen LogP contribution in [-0.2, 0) is 10.0 Å². The molecule has 0 spiro atoms. The topological polar surface area (TPSA) is 54.5 Å². The van der Waals surface area contributed by atoms with Crippen molar-refractivity contribution >= 4 is 44.4 Å². The van der Waals surface area contributed by atoms with E-state index < -0.39 is 10.0 Å². The van der Waals surface area contributed by atoms with E-state index in [1.807, 2.05) is 0 Å². The van der Waals surface area contributed by atoms with Gasteiger partial charge in [0, 0.05) is 5.56 Å². The summed E-state index contributed by atoms with van der Waals surface area (Å²) in [6.45, 7) is 1.44. The van der Waals surface area contributed by atoms with Crippen molar-refractivity contribution < 1.29 is 13.2 Å². The summed E-state index contributed by atoms with van der Waals surface area (Å²) in [5, 5.41) is 0. The fourth-order valence-electron chi connectivity index (χ4n) is 1.03. The van der Waals surface area contributed by atoms with Crippen LogP contribution >= 0.6 is 22.9 Å². The molecular formula is C9H10INO3S. The van der Waals surface area contributed by atoms with Crippen LogP contribution in [0.1, 0.15) is 17.3 Å². The van der Waals surface area contributed by atoms with Crippen molar-refractivity contribution in [1.29, 1.82) is 0 Å². The zero-order valence-electron chi connectivity index (χ0n) is 8.27. The first-order valence-electron chi connectivity index (χ1n) is 4.09. The smallest absolute Gasteiger partial charge is 0.240 e. The molecular weight excluding hydrogens is 329 g/mol. The number of anilines is 1. The van der Waals surface area contributed by atoms with Gasteiger partial charge in [0.15, 0.2) is 5.78 Å². The Morgan fingerprint density at radius 3 is 2.47 bits per heavy atom. The molecule has 0 saturated carbocycles. The second kappa shape index (κ2) is 4.48. The summed E-state index contributed by atoms with van der Waals surface area (Å²) in [5.41, 5.74) is 0.976. The number of rotatable bonds is 3. The fraction of sp³-hybridized carbons (Fsp3) is 0.222. The number of carbonyl (C=O) groups is 1. The third-order valence-corrected chi connectivity index (χ3v) is 5.24. The zero-order valence-corrected chi connectivity index (χ0v) is 11.2. The number of hydrogen-bond acceptors (Lipinski definition) is 3. The molecule has 6 heteroatoms. The quantitative estimate of drug-likeness (QED) is 0.481. The monoisotopic (exact) mass is 339 g/mol. The Labute approximate surface area is 103 Å². The Morgan fingerprint density at radius 1 is 1.40 bits per heavy atom. The summed E-state index contributed by atoms with van der Waals surface area (Å²) in [6, 6.07) is 6.50. The molecule has 0 aliphatic heterocycles. The van der Waals surface area contributed by atoms with Gasteiger partial charge < -0.3 is 0 Å². The maximum absolute atomic E-state index is 11.2. The summed E-state index contributed by atoms with van der Waals surface area (Å²) in [4.78, 5) is 11.1. The first-order valence-corrected chi connectivity index (χ1v) is 6.91. The predicted octanol–water partition coefficient (Wildman–Crippen LogP) is 2.01. The Bertz CT molecular complexity index is 484. The average Bonchev–Trinajstić information content (AvgIpc) is 2.15. The van der Waals surface area contributed by atoms with Crippen LogP contribution in [0.15, 0.2) is 24.3 Å². The maximum atomic E-state index is 11.2. The Morgan fingerprint density at radius 2 is 2.00 bits per heavy atom. The lowest BCUT2D eigenvalue weighted by Gasteiger charge is -2.14. The van der Waals surface area contributed by atoms with Crippen molar-refractivity contribution in [2.75, 3.05) is 8.77 Å². The molecule has 15 heavy (non-hydrogen) atoms. The van der Waals surface area contributed by atoms with Crippen molar-refractivity contribution in [3.8, 4) is 0 Å². The number of halogens is 1. The minimum atomic E-state index is -3.29. The zero-order chi connectivity index (χ0) is 11.6. The number of benzene rings is 1. The molecule has 0 aliphatic rings. The normalized spacial score (nSPS) is 11.1. The van der Waals surface area contributed by atoms with Gasteiger partial charge in [0.1, 0.15) is 0 Å². The lowest BCUT2D eigenvalue weighted by molar-refractivity contribution is 0.101. The van der Waals surface area contributed by atoms with Crippen LogP contribution in [-0.4, -0.2) is 20.5 Å². The number of sulfonamides is 1. The van der Waals surface area contributed by atoms with Gasteiger partial charge in [-0.3, -0.25) is 4.79 Å². The van der Waals surface area contributed by atoms with Gasteiger partial charge in [-0.05, 0) is 19.1 Å². The largest absolute Gasteiger partial charge is 0.295 e. The minimum Gasteiger partial charge on any atom is -0.295 e. The molecule has 0 radical (unpaired) electrons. The van der Waals surface area contributed by atoms with Gasteiger partial charge in [0.25, 0.3) is 0 Å². The van der Waals surface area contributed by atoms with Crippen molar-refractivity contribution in [2.24, 2.45) is 0 Å². The van der Waals surface area contributed by atoms with Crippen LogP contribution < -0.4 is 2.52 Å². The van der Waals surface area contributed by atoms with E-state index in [0.717, 1.165) is 8.77 Å². The molecule has 0 fully saturated rings. The molecule has 0 bridgehead atoms. The summed E-state index contributed by atoms with van der Waals surface area (Å²) in [5.74, 6) is -0.0878. The van der Waals surface area contributed by atoms with Crippen LogP contribution in [0.25, 0.3) is 0 Å². The van der Waals surface area contributed by atoms with Crippen molar-refractivity contribution in [1.82, 2.24) is 0 Å². The number of Topliss-reactive ketones (excluding diaryl/α,β-unsaturated/α-hetero) is 1. The van der Waals surface area contributed by atoms with Gasteiger partial charge in [0.05, 0.1) is 34.8 Å². The van der Waals surface area contributed by atoms with E-state index in [1.54, 1.807) is 47.1 Å². The van der Waals surface area contributed by atoms with Crippen LogP contribution in [0.4, 0.5) is 5.69 Å². The summed E-state index contributed by atoms with van der Waals surface area (Å²) in [6.07, 6.45) is 1.11. The predicted molar refractivity (Wildman–Crippen MR) is 67.8 cm³/mol. The van der Waals surface area contributed by atoms with E-state index in [0.29, 0.717) is 11.3 Å². The molecule has 0 heterocycles. The van der Waals surface area contributed by atoms with Crippen molar-refractivity contribution in [2.45, 2.75) is 6.92 Å². The van der Waals surface area contributed by atoms with E-state index >= 15 is 0 Å². The molecule has 82 valence electrons. The van der Waals surface area contributed by atoms with Crippen LogP contribution in [0, 0.1) is 0 Å². The first kappa shape index (κ1) is 12.4. The van der Waals surface area contributed by atoms with Crippen LogP contribution in [0.3, 0.4) is 0 Å². The number of nitrogens with zero attached hydrogens (tertiary/aromatic N) is 1. The van der Waals surface area contributed by atoms with Gasteiger partial charge >= 0.3 is 0 Å². The fourth-order valence-corrected chi connectivity index (χ4v) is 1.82. The van der Waals surface area contributed by atoms with Gasteiger partial charge in [-0.1, -0.05) is 12.1 Å². The third kappa shape index (κ3) is 3.16. The molecule has 4 nitrogen and oxygen atoms in total.